The van der Waals surface area contributed by atoms with Gasteiger partial charge in [0.25, 0.3) is 5.91 Å². The molecule has 1 amide bonds. The Balaban J connectivity index is 1.61. The zero-order chi connectivity index (χ0) is 19.5. The van der Waals surface area contributed by atoms with Crippen LogP contribution in [0.15, 0.2) is 60.8 Å². The van der Waals surface area contributed by atoms with Crippen LogP contribution in [0.5, 0.6) is 0 Å². The lowest BCUT2D eigenvalue weighted by Crippen LogP contribution is -2.30. The summed E-state index contributed by atoms with van der Waals surface area (Å²) in [6.45, 7) is 1.96. The first kappa shape index (κ1) is 17.9. The van der Waals surface area contributed by atoms with Crippen LogP contribution in [0.25, 0.3) is 11.1 Å². The summed E-state index contributed by atoms with van der Waals surface area (Å²) in [4.78, 5) is 21.7. The number of pyridine rings is 2. The van der Waals surface area contributed by atoms with Crippen LogP contribution in [0.2, 0.25) is 0 Å². The molecule has 1 aliphatic carbocycles. The van der Waals surface area contributed by atoms with Gasteiger partial charge in [0.15, 0.2) is 0 Å². The molecule has 1 N–H and O–H groups in total. The van der Waals surface area contributed by atoms with E-state index in [2.05, 4.69) is 21.4 Å². The Labute approximate surface area is 164 Å². The number of hydrogen-bond donors (Lipinski definition) is 1. The van der Waals surface area contributed by atoms with Gasteiger partial charge < -0.3 is 5.32 Å². The predicted octanol–water partition coefficient (Wildman–Crippen LogP) is 4.20. The van der Waals surface area contributed by atoms with Crippen molar-refractivity contribution in [3.63, 3.8) is 0 Å². The summed E-state index contributed by atoms with van der Waals surface area (Å²) in [6, 6.07) is 18.9. The van der Waals surface area contributed by atoms with Crippen molar-refractivity contribution >= 4 is 5.91 Å². The Morgan fingerprint density at radius 2 is 2.00 bits per heavy atom. The molecule has 1 aliphatic rings. The van der Waals surface area contributed by atoms with Crippen molar-refractivity contribution in [1.82, 2.24) is 15.3 Å². The summed E-state index contributed by atoms with van der Waals surface area (Å²) in [5.41, 5.74) is 4.28. The van der Waals surface area contributed by atoms with E-state index in [4.69, 9.17) is 0 Å². The van der Waals surface area contributed by atoms with Gasteiger partial charge in [0, 0.05) is 23.0 Å². The molecule has 4 rings (SSSR count). The first-order valence-corrected chi connectivity index (χ1v) is 9.35. The normalized spacial score (nSPS) is 14.1. The topological polar surface area (TPSA) is 78.7 Å². The molecule has 2 aromatic heterocycles. The van der Waals surface area contributed by atoms with E-state index in [0.717, 1.165) is 35.4 Å². The minimum absolute atomic E-state index is 0.0795. The van der Waals surface area contributed by atoms with Gasteiger partial charge in [-0.2, -0.15) is 5.26 Å². The molecule has 1 fully saturated rings. The molecule has 0 bridgehead atoms. The number of aryl methyl sites for hydroxylation is 1. The number of carbonyl (C=O) groups is 1. The van der Waals surface area contributed by atoms with Crippen molar-refractivity contribution in [2.75, 3.05) is 0 Å². The molecule has 1 aromatic carbocycles. The summed E-state index contributed by atoms with van der Waals surface area (Å²) in [7, 11) is 0. The Bertz CT molecular complexity index is 1070. The van der Waals surface area contributed by atoms with Gasteiger partial charge in [-0.3, -0.25) is 9.78 Å². The minimum Gasteiger partial charge on any atom is -0.343 e. The molecule has 0 spiro atoms. The number of nitrogens with one attached hydrogen (secondary N) is 1. The molecule has 1 atom stereocenters. The number of aromatic nitrogens is 2. The molecule has 0 radical (unpaired) electrons. The fourth-order valence-corrected chi connectivity index (χ4v) is 3.38. The molecule has 28 heavy (non-hydrogen) atoms. The maximum absolute atomic E-state index is 13.0. The Morgan fingerprint density at radius 1 is 1.18 bits per heavy atom. The molecule has 2 heterocycles. The van der Waals surface area contributed by atoms with Crippen molar-refractivity contribution < 1.29 is 4.79 Å². The van der Waals surface area contributed by atoms with E-state index >= 15 is 0 Å². The number of amides is 1. The molecule has 138 valence electrons. The maximum Gasteiger partial charge on any atom is 0.251 e. The van der Waals surface area contributed by atoms with Gasteiger partial charge in [-0.15, -0.1) is 0 Å². The average Bonchev–Trinajstić information content (AvgIpc) is 3.57. The smallest absolute Gasteiger partial charge is 0.251 e. The third kappa shape index (κ3) is 3.77. The van der Waals surface area contributed by atoms with Crippen LogP contribution in [0.4, 0.5) is 0 Å². The van der Waals surface area contributed by atoms with Gasteiger partial charge in [0.1, 0.15) is 11.8 Å². The second kappa shape index (κ2) is 7.61. The fourth-order valence-electron chi connectivity index (χ4n) is 3.38. The number of benzene rings is 1. The van der Waals surface area contributed by atoms with Crippen LogP contribution >= 0.6 is 0 Å². The molecule has 0 saturated heterocycles. The van der Waals surface area contributed by atoms with Crippen molar-refractivity contribution in [3.8, 4) is 17.2 Å². The summed E-state index contributed by atoms with van der Waals surface area (Å²) in [6.07, 6.45) is 3.79. The van der Waals surface area contributed by atoms with Gasteiger partial charge in [0.2, 0.25) is 0 Å². The lowest BCUT2D eigenvalue weighted by Gasteiger charge is -2.18. The third-order valence-corrected chi connectivity index (χ3v) is 4.96. The number of nitriles is 1. The van der Waals surface area contributed by atoms with E-state index in [1.54, 1.807) is 24.4 Å². The van der Waals surface area contributed by atoms with Crippen LogP contribution < -0.4 is 5.32 Å². The first-order chi connectivity index (χ1) is 13.7. The van der Waals surface area contributed by atoms with E-state index in [1.807, 2.05) is 43.3 Å². The van der Waals surface area contributed by atoms with E-state index in [9.17, 15) is 10.1 Å². The monoisotopic (exact) mass is 368 g/mol. The second-order valence-electron chi connectivity index (χ2n) is 7.08. The fraction of sp³-hybridized carbons (Fsp3) is 0.217. The highest BCUT2D eigenvalue weighted by Gasteiger charge is 2.34. The number of nitrogens with zero attached hydrogens (tertiary/aromatic N) is 3. The summed E-state index contributed by atoms with van der Waals surface area (Å²) in [5.74, 6) is 0.300. The Hall–Kier alpha value is -3.52. The van der Waals surface area contributed by atoms with Crippen LogP contribution in [0.1, 0.15) is 46.3 Å². The summed E-state index contributed by atoms with van der Waals surface area (Å²) < 4.78 is 0. The van der Waals surface area contributed by atoms with Crippen LogP contribution in [-0.2, 0) is 0 Å². The first-order valence-electron chi connectivity index (χ1n) is 9.35. The molecule has 5 heteroatoms. The van der Waals surface area contributed by atoms with Gasteiger partial charge in [-0.05, 0) is 67.6 Å². The van der Waals surface area contributed by atoms with Gasteiger partial charge >= 0.3 is 0 Å². The Morgan fingerprint density at radius 3 is 2.75 bits per heavy atom. The van der Waals surface area contributed by atoms with Crippen molar-refractivity contribution in [3.05, 3.63) is 83.4 Å². The zero-order valence-electron chi connectivity index (χ0n) is 15.6. The molecule has 1 unspecified atom stereocenters. The maximum atomic E-state index is 13.0. The molecule has 3 aromatic rings. The van der Waals surface area contributed by atoms with Crippen molar-refractivity contribution in [1.29, 1.82) is 5.26 Å². The Kier molecular flexibility index (Phi) is 4.86. The van der Waals surface area contributed by atoms with Crippen LogP contribution in [0.3, 0.4) is 0 Å². The zero-order valence-corrected chi connectivity index (χ0v) is 15.6. The van der Waals surface area contributed by atoms with E-state index in [-0.39, 0.29) is 11.9 Å². The van der Waals surface area contributed by atoms with E-state index in [1.165, 1.54) is 0 Å². The summed E-state index contributed by atoms with van der Waals surface area (Å²) >= 11 is 0. The van der Waals surface area contributed by atoms with Crippen LogP contribution in [-0.4, -0.2) is 15.9 Å². The molecule has 5 nitrogen and oxygen atoms in total. The summed E-state index contributed by atoms with van der Waals surface area (Å²) in [5, 5.41) is 12.5. The number of carbonyl (C=O) groups excluding carboxylic acids is 1. The minimum atomic E-state index is -0.135. The number of hydrogen-bond acceptors (Lipinski definition) is 4. The lowest BCUT2D eigenvalue weighted by molar-refractivity contribution is 0.0930. The third-order valence-electron chi connectivity index (χ3n) is 4.96. The van der Waals surface area contributed by atoms with Crippen LogP contribution in [0, 0.1) is 24.2 Å². The highest BCUT2D eigenvalue weighted by Crippen LogP contribution is 2.40. The predicted molar refractivity (Wildman–Crippen MR) is 106 cm³/mol. The molecule has 1 saturated carbocycles. The highest BCUT2D eigenvalue weighted by molar-refractivity contribution is 5.95. The van der Waals surface area contributed by atoms with Crippen molar-refractivity contribution in [2.45, 2.75) is 25.8 Å². The van der Waals surface area contributed by atoms with Gasteiger partial charge in [0.05, 0.1) is 11.7 Å². The second-order valence-corrected chi connectivity index (χ2v) is 7.08. The average molecular weight is 368 g/mol. The van der Waals surface area contributed by atoms with Gasteiger partial charge in [-0.25, -0.2) is 4.98 Å². The lowest BCUT2D eigenvalue weighted by atomic mass is 10.0. The van der Waals surface area contributed by atoms with E-state index in [0.29, 0.717) is 17.2 Å². The largest absolute Gasteiger partial charge is 0.343 e. The molecular weight excluding hydrogens is 348 g/mol. The van der Waals surface area contributed by atoms with Gasteiger partial charge in [-0.1, -0.05) is 18.2 Å². The van der Waals surface area contributed by atoms with E-state index < -0.39 is 0 Å². The molecular formula is C23H20N4O. The SMILES string of the molecule is Cc1cccc(C(NC(=O)c2cccc(-c3cccnc3C#N)c2)C2CC2)n1. The molecule has 0 aliphatic heterocycles. The highest BCUT2D eigenvalue weighted by atomic mass is 16.1. The quantitative estimate of drug-likeness (QED) is 0.732. The van der Waals surface area contributed by atoms with Crippen molar-refractivity contribution in [2.24, 2.45) is 5.92 Å². The standard InChI is InChI=1S/C23H20N4O/c1-15-5-2-9-20(26-15)22(16-10-11-16)27-23(28)18-7-3-6-17(13-18)19-8-4-12-25-21(19)14-24/h2-9,12-13,16,22H,10-11H2,1H3,(H,27,28). The number of rotatable bonds is 5.